The number of primary amides is 1. The molecule has 14 heavy (non-hydrogen) atoms. The lowest BCUT2D eigenvalue weighted by Crippen LogP contribution is -2.12. The molecule has 0 aliphatic carbocycles. The van der Waals surface area contributed by atoms with Crippen LogP contribution in [-0.2, 0) is 0 Å². The first-order valence-corrected chi connectivity index (χ1v) is 3.87. The van der Waals surface area contributed by atoms with Crippen LogP contribution in [0, 0.1) is 0 Å². The molecular weight excluding hydrogens is 182 g/mol. The number of carbonyl (C=O) groups is 1. The van der Waals surface area contributed by atoms with Gasteiger partial charge in [0.25, 0.3) is 5.91 Å². The molecule has 0 aliphatic rings. The third kappa shape index (κ3) is 1.22. The Balaban J connectivity index is 2.84. The predicted octanol–water partition coefficient (Wildman–Crippen LogP) is -0.294. The van der Waals surface area contributed by atoms with Crippen LogP contribution in [0.15, 0.2) is 18.2 Å². The number of aromatic nitrogens is 3. The van der Waals surface area contributed by atoms with Crippen molar-refractivity contribution in [2.45, 2.75) is 0 Å². The summed E-state index contributed by atoms with van der Waals surface area (Å²) in [5.74, 6) is -0.540. The molecule has 1 heterocycles. The van der Waals surface area contributed by atoms with Gasteiger partial charge in [0.05, 0.1) is 5.56 Å². The molecule has 0 saturated heterocycles. The maximum absolute atomic E-state index is 11.0. The molecule has 70 valence electrons. The Morgan fingerprint density at radius 2 is 2.07 bits per heavy atom. The monoisotopic (exact) mass is 189 g/mol. The smallest absolute Gasteiger partial charge is 0.250 e. The highest BCUT2D eigenvalue weighted by Crippen LogP contribution is 2.13. The molecule has 2 rings (SSSR count). The summed E-state index contributed by atoms with van der Waals surface area (Å²) in [5.41, 5.74) is 11.7. The van der Waals surface area contributed by atoms with Gasteiger partial charge in [-0.1, -0.05) is 6.07 Å². The lowest BCUT2D eigenvalue weighted by molar-refractivity contribution is 0.100. The first kappa shape index (κ1) is 8.36. The summed E-state index contributed by atoms with van der Waals surface area (Å²) < 4.78 is 0. The van der Waals surface area contributed by atoms with E-state index < -0.39 is 5.91 Å². The maximum Gasteiger partial charge on any atom is 0.250 e. The van der Waals surface area contributed by atoms with E-state index >= 15 is 0 Å². The number of nitrogens with zero attached hydrogens (tertiary/aromatic N) is 3. The molecule has 0 bridgehead atoms. The minimum atomic E-state index is -0.560. The Bertz CT molecular complexity index is 510. The van der Waals surface area contributed by atoms with E-state index in [2.05, 4.69) is 15.2 Å². The van der Waals surface area contributed by atoms with Gasteiger partial charge < -0.3 is 11.5 Å². The Morgan fingerprint density at radius 3 is 2.79 bits per heavy atom. The van der Waals surface area contributed by atoms with E-state index in [1.807, 2.05) is 0 Å². The van der Waals surface area contributed by atoms with Crippen molar-refractivity contribution in [2.24, 2.45) is 5.73 Å². The van der Waals surface area contributed by atoms with Gasteiger partial charge in [-0.2, -0.15) is 0 Å². The average molecular weight is 189 g/mol. The number of anilines is 1. The second-order valence-corrected chi connectivity index (χ2v) is 2.71. The van der Waals surface area contributed by atoms with Crippen molar-refractivity contribution in [1.82, 2.24) is 15.2 Å². The molecule has 0 aliphatic heterocycles. The summed E-state index contributed by atoms with van der Waals surface area (Å²) in [6.45, 7) is 0. The number of fused-ring (bicyclic) bond motifs is 1. The van der Waals surface area contributed by atoms with E-state index in [-0.39, 0.29) is 5.95 Å². The van der Waals surface area contributed by atoms with Crippen LogP contribution in [0.25, 0.3) is 11.0 Å². The standard InChI is InChI=1S/C8H7N5O/c9-7(14)4-2-1-3-5-6(4)11-8(10)13-12-5/h1-3H,(H2,9,14)(H2,10,11,13). The maximum atomic E-state index is 11.0. The van der Waals surface area contributed by atoms with Gasteiger partial charge in [-0.05, 0) is 12.1 Å². The van der Waals surface area contributed by atoms with Crippen molar-refractivity contribution in [2.75, 3.05) is 5.73 Å². The normalized spacial score (nSPS) is 10.3. The Hall–Kier alpha value is -2.24. The Labute approximate surface area is 78.9 Å². The van der Waals surface area contributed by atoms with Gasteiger partial charge in [0.15, 0.2) is 0 Å². The number of rotatable bonds is 1. The fourth-order valence-corrected chi connectivity index (χ4v) is 1.17. The number of nitrogens with two attached hydrogens (primary N) is 2. The number of benzene rings is 1. The number of hydrogen-bond acceptors (Lipinski definition) is 5. The van der Waals surface area contributed by atoms with Gasteiger partial charge in [-0.3, -0.25) is 4.79 Å². The molecule has 1 amide bonds. The molecule has 0 fully saturated rings. The highest BCUT2D eigenvalue weighted by molar-refractivity contribution is 6.03. The number of amides is 1. The zero-order valence-corrected chi connectivity index (χ0v) is 7.14. The molecule has 0 spiro atoms. The number of carbonyl (C=O) groups excluding carboxylic acids is 1. The SMILES string of the molecule is NC(=O)c1cccc2nnc(N)nc12. The van der Waals surface area contributed by atoms with Crippen LogP contribution in [0.1, 0.15) is 10.4 Å². The second kappa shape index (κ2) is 2.91. The van der Waals surface area contributed by atoms with Crippen LogP contribution in [-0.4, -0.2) is 21.1 Å². The minimum absolute atomic E-state index is 0.0196. The van der Waals surface area contributed by atoms with Crippen molar-refractivity contribution in [3.63, 3.8) is 0 Å². The molecule has 2 aromatic rings. The quantitative estimate of drug-likeness (QED) is 0.640. The summed E-state index contributed by atoms with van der Waals surface area (Å²) in [5, 5.41) is 7.35. The average Bonchev–Trinajstić information content (AvgIpc) is 2.16. The fourth-order valence-electron chi connectivity index (χ4n) is 1.17. The molecule has 6 heteroatoms. The van der Waals surface area contributed by atoms with Gasteiger partial charge in [-0.15, -0.1) is 10.2 Å². The lowest BCUT2D eigenvalue weighted by atomic mass is 10.2. The van der Waals surface area contributed by atoms with Crippen molar-refractivity contribution in [1.29, 1.82) is 0 Å². The molecule has 0 atom stereocenters. The molecular formula is C8H7N5O. The number of hydrogen-bond donors (Lipinski definition) is 2. The third-order valence-corrected chi connectivity index (χ3v) is 1.77. The summed E-state index contributed by atoms with van der Waals surface area (Å²) in [6, 6.07) is 4.91. The van der Waals surface area contributed by atoms with Crippen LogP contribution >= 0.6 is 0 Å². The fraction of sp³-hybridized carbons (Fsp3) is 0. The van der Waals surface area contributed by atoms with Gasteiger partial charge in [-0.25, -0.2) is 4.98 Å². The van der Waals surface area contributed by atoms with Crippen molar-refractivity contribution in [3.05, 3.63) is 23.8 Å². The first-order chi connectivity index (χ1) is 6.68. The van der Waals surface area contributed by atoms with Gasteiger partial charge in [0, 0.05) is 0 Å². The highest BCUT2D eigenvalue weighted by atomic mass is 16.1. The van der Waals surface area contributed by atoms with E-state index in [9.17, 15) is 4.79 Å². The Morgan fingerprint density at radius 1 is 1.29 bits per heavy atom. The molecule has 1 aromatic heterocycles. The molecule has 0 unspecified atom stereocenters. The topological polar surface area (TPSA) is 108 Å². The van der Waals surface area contributed by atoms with Gasteiger partial charge >= 0.3 is 0 Å². The van der Waals surface area contributed by atoms with Gasteiger partial charge in [0.1, 0.15) is 11.0 Å². The summed E-state index contributed by atoms with van der Waals surface area (Å²) >= 11 is 0. The minimum Gasteiger partial charge on any atom is -0.366 e. The number of nitrogen functional groups attached to an aromatic ring is 1. The largest absolute Gasteiger partial charge is 0.366 e. The third-order valence-electron chi connectivity index (χ3n) is 1.77. The molecule has 4 N–H and O–H groups in total. The summed E-state index contributed by atoms with van der Waals surface area (Å²) in [6.07, 6.45) is 0. The van der Waals surface area contributed by atoms with E-state index in [4.69, 9.17) is 11.5 Å². The first-order valence-electron chi connectivity index (χ1n) is 3.87. The molecule has 0 radical (unpaired) electrons. The lowest BCUT2D eigenvalue weighted by Gasteiger charge is -2.00. The van der Waals surface area contributed by atoms with Crippen molar-refractivity contribution < 1.29 is 4.79 Å². The van der Waals surface area contributed by atoms with Crippen LogP contribution in [0.3, 0.4) is 0 Å². The Kier molecular flexibility index (Phi) is 1.74. The van der Waals surface area contributed by atoms with E-state index in [1.54, 1.807) is 18.2 Å². The second-order valence-electron chi connectivity index (χ2n) is 2.71. The highest BCUT2D eigenvalue weighted by Gasteiger charge is 2.08. The van der Waals surface area contributed by atoms with Crippen LogP contribution in [0.2, 0.25) is 0 Å². The molecule has 6 nitrogen and oxygen atoms in total. The molecule has 1 aromatic carbocycles. The van der Waals surface area contributed by atoms with Crippen LogP contribution in [0.4, 0.5) is 5.95 Å². The number of para-hydroxylation sites is 1. The van der Waals surface area contributed by atoms with Crippen LogP contribution in [0.5, 0.6) is 0 Å². The van der Waals surface area contributed by atoms with Gasteiger partial charge in [0.2, 0.25) is 5.95 Å². The molecule has 0 saturated carbocycles. The predicted molar refractivity (Wildman–Crippen MR) is 50.3 cm³/mol. The van der Waals surface area contributed by atoms with Crippen LogP contribution < -0.4 is 11.5 Å². The van der Waals surface area contributed by atoms with Crippen molar-refractivity contribution >= 4 is 22.9 Å². The van der Waals surface area contributed by atoms with E-state index in [1.165, 1.54) is 0 Å². The summed E-state index contributed by atoms with van der Waals surface area (Å²) in [7, 11) is 0. The van der Waals surface area contributed by atoms with E-state index in [0.29, 0.717) is 16.6 Å². The summed E-state index contributed by atoms with van der Waals surface area (Å²) in [4.78, 5) is 14.9. The zero-order chi connectivity index (χ0) is 10.1. The zero-order valence-electron chi connectivity index (χ0n) is 7.14. The van der Waals surface area contributed by atoms with Crippen molar-refractivity contribution in [3.8, 4) is 0 Å². The van der Waals surface area contributed by atoms with E-state index in [0.717, 1.165) is 0 Å².